The largest absolute Gasteiger partial charge is 0.462 e. The Labute approximate surface area is 328 Å². The van der Waals surface area contributed by atoms with Crippen molar-refractivity contribution in [3.63, 3.8) is 0 Å². The van der Waals surface area contributed by atoms with Crippen molar-refractivity contribution >= 4 is 11.8 Å². The first-order valence-corrected chi connectivity index (χ1v) is 19.0. The molecule has 7 aromatic rings. The Morgan fingerprint density at radius 1 is 0.536 bits per heavy atom. The fraction of sp³-hybridized carbons (Fsp3) is 0.137. The number of hydrogen-bond donors (Lipinski definition) is 1. The molecule has 278 valence electrons. The van der Waals surface area contributed by atoms with Crippen LogP contribution in [0.15, 0.2) is 170 Å². The Hall–Kier alpha value is -6.56. The van der Waals surface area contributed by atoms with Crippen molar-refractivity contribution in [1.29, 1.82) is 0 Å². The van der Waals surface area contributed by atoms with Crippen LogP contribution in [0.3, 0.4) is 0 Å². The molecule has 5 heteroatoms. The Bertz CT molecular complexity index is 2430. The Balaban J connectivity index is 1.23. The second kappa shape index (κ2) is 16.8. The van der Waals surface area contributed by atoms with Gasteiger partial charge in [-0.25, -0.2) is 4.79 Å². The van der Waals surface area contributed by atoms with E-state index in [0.29, 0.717) is 35.5 Å². The molecule has 0 aromatic heterocycles. The van der Waals surface area contributed by atoms with Gasteiger partial charge in [0.25, 0.3) is 0 Å². The fourth-order valence-corrected chi connectivity index (χ4v) is 6.94. The Morgan fingerprint density at radius 2 is 0.964 bits per heavy atom. The van der Waals surface area contributed by atoms with Gasteiger partial charge in [-0.05, 0) is 101 Å². The third-order valence-electron chi connectivity index (χ3n) is 9.88. The first-order chi connectivity index (χ1) is 27.2. The molecule has 0 amide bonds. The molecule has 0 aliphatic heterocycles. The van der Waals surface area contributed by atoms with E-state index in [0.717, 1.165) is 62.1 Å². The number of hydrogen-bond acceptors (Lipinski definition) is 5. The van der Waals surface area contributed by atoms with Crippen LogP contribution in [0.4, 0.5) is 0 Å². The quantitative estimate of drug-likeness (QED) is 0.0552. The van der Waals surface area contributed by atoms with E-state index in [-0.39, 0.29) is 5.78 Å². The van der Waals surface area contributed by atoms with E-state index >= 15 is 0 Å². The standard InChI is InChI=1S/C51H44O5/c1-4-31-51(3,54)56-49-30-16-37(34-47(49)44-25-21-42(22-26-44)40-13-9-6-10-14-40)32-36-15-29-48(55-50(53)45-27-17-38(18-28-45)35(2)52)46(33-36)43-23-19-41(20-24-43)39-11-7-5-8-12-39/h5-30,33-34,54H,4,31-32H2,1-3H3. The SMILES string of the molecule is CCCC(C)(O)Oc1ccc(Cc2ccc(OC(=O)c3ccc(C(C)=O)cc3)c(-c3ccc(-c4ccccc4)cc3)c2)cc1-c1ccc(-c2ccccc2)cc1. The monoisotopic (exact) mass is 736 g/mol. The molecule has 1 unspecified atom stereocenters. The number of esters is 1. The molecular formula is C51H44O5. The van der Waals surface area contributed by atoms with Crippen molar-refractivity contribution in [2.24, 2.45) is 0 Å². The summed E-state index contributed by atoms with van der Waals surface area (Å²) in [4.78, 5) is 25.2. The number of ketones is 1. The van der Waals surface area contributed by atoms with E-state index in [1.807, 2.05) is 79.7 Å². The zero-order valence-corrected chi connectivity index (χ0v) is 31.9. The Kier molecular flexibility index (Phi) is 11.4. The number of ether oxygens (including phenoxy) is 2. The summed E-state index contributed by atoms with van der Waals surface area (Å²) in [5, 5.41) is 11.1. The molecule has 0 aliphatic rings. The molecule has 0 aliphatic carbocycles. The zero-order chi connectivity index (χ0) is 39.1. The van der Waals surface area contributed by atoms with Crippen LogP contribution in [0, 0.1) is 0 Å². The van der Waals surface area contributed by atoms with Crippen LogP contribution in [-0.2, 0) is 6.42 Å². The van der Waals surface area contributed by atoms with Crippen LogP contribution in [0.2, 0.25) is 0 Å². The lowest BCUT2D eigenvalue weighted by Crippen LogP contribution is -2.31. The molecule has 0 saturated carbocycles. The molecular weight excluding hydrogens is 693 g/mol. The lowest BCUT2D eigenvalue weighted by molar-refractivity contribution is -0.126. The minimum Gasteiger partial charge on any atom is -0.462 e. The molecule has 7 rings (SSSR count). The molecule has 56 heavy (non-hydrogen) atoms. The second-order valence-corrected chi connectivity index (χ2v) is 14.3. The van der Waals surface area contributed by atoms with Crippen LogP contribution in [0.1, 0.15) is 65.5 Å². The van der Waals surface area contributed by atoms with Gasteiger partial charge in [0.15, 0.2) is 5.78 Å². The van der Waals surface area contributed by atoms with Gasteiger partial charge in [-0.1, -0.05) is 140 Å². The summed E-state index contributed by atoms with van der Waals surface area (Å²) >= 11 is 0. The highest BCUT2D eigenvalue weighted by atomic mass is 16.6. The maximum absolute atomic E-state index is 13.4. The predicted octanol–water partition coefficient (Wildman–Crippen LogP) is 12.3. The lowest BCUT2D eigenvalue weighted by atomic mass is 9.94. The van der Waals surface area contributed by atoms with Crippen LogP contribution in [0.5, 0.6) is 11.5 Å². The number of aliphatic hydroxyl groups is 1. The summed E-state index contributed by atoms with van der Waals surface area (Å²) < 4.78 is 12.3. The summed E-state index contributed by atoms with van der Waals surface area (Å²) in [7, 11) is 0. The van der Waals surface area contributed by atoms with Gasteiger partial charge in [-0.2, -0.15) is 0 Å². The van der Waals surface area contributed by atoms with Crippen molar-refractivity contribution in [2.45, 2.75) is 45.8 Å². The average Bonchev–Trinajstić information content (AvgIpc) is 3.22. The van der Waals surface area contributed by atoms with Crippen molar-refractivity contribution in [3.05, 3.63) is 192 Å². The normalized spacial score (nSPS) is 12.1. The van der Waals surface area contributed by atoms with Gasteiger partial charge < -0.3 is 14.6 Å². The van der Waals surface area contributed by atoms with Gasteiger partial charge in [0.1, 0.15) is 11.5 Å². The molecule has 0 radical (unpaired) electrons. The van der Waals surface area contributed by atoms with E-state index in [1.54, 1.807) is 31.2 Å². The molecule has 1 atom stereocenters. The van der Waals surface area contributed by atoms with E-state index in [2.05, 4.69) is 72.8 Å². The van der Waals surface area contributed by atoms with E-state index in [1.165, 1.54) is 6.92 Å². The molecule has 0 bridgehead atoms. The minimum atomic E-state index is -1.32. The van der Waals surface area contributed by atoms with Gasteiger partial charge in [-0.3, -0.25) is 4.79 Å². The van der Waals surface area contributed by atoms with E-state index < -0.39 is 11.8 Å². The van der Waals surface area contributed by atoms with Crippen LogP contribution < -0.4 is 9.47 Å². The van der Waals surface area contributed by atoms with Crippen molar-refractivity contribution in [1.82, 2.24) is 0 Å². The Morgan fingerprint density at radius 3 is 1.45 bits per heavy atom. The van der Waals surface area contributed by atoms with Crippen molar-refractivity contribution in [2.75, 3.05) is 0 Å². The molecule has 5 nitrogen and oxygen atoms in total. The van der Waals surface area contributed by atoms with Gasteiger partial charge in [-0.15, -0.1) is 0 Å². The fourth-order valence-electron chi connectivity index (χ4n) is 6.94. The summed E-state index contributed by atoms with van der Waals surface area (Å²) in [6, 6.07) is 55.6. The summed E-state index contributed by atoms with van der Waals surface area (Å²) in [6.07, 6.45) is 1.87. The lowest BCUT2D eigenvalue weighted by Gasteiger charge is -2.26. The smallest absolute Gasteiger partial charge is 0.343 e. The first kappa shape index (κ1) is 37.7. The molecule has 0 fully saturated rings. The van der Waals surface area contributed by atoms with Gasteiger partial charge >= 0.3 is 5.97 Å². The minimum absolute atomic E-state index is 0.0691. The number of Topliss-reactive ketones (excluding diaryl/α,β-unsaturated/α-hetero) is 1. The maximum Gasteiger partial charge on any atom is 0.343 e. The average molecular weight is 737 g/mol. The summed E-state index contributed by atoms with van der Waals surface area (Å²) in [5.74, 6) is -0.851. The predicted molar refractivity (Wildman–Crippen MR) is 225 cm³/mol. The molecule has 1 N–H and O–H groups in total. The third-order valence-corrected chi connectivity index (χ3v) is 9.88. The summed E-state index contributed by atoms with van der Waals surface area (Å²) in [5.41, 5.74) is 11.0. The zero-order valence-electron chi connectivity index (χ0n) is 31.9. The second-order valence-electron chi connectivity index (χ2n) is 14.3. The van der Waals surface area contributed by atoms with Gasteiger partial charge in [0.2, 0.25) is 5.79 Å². The van der Waals surface area contributed by atoms with Crippen LogP contribution in [-0.4, -0.2) is 22.6 Å². The van der Waals surface area contributed by atoms with Gasteiger partial charge in [0.05, 0.1) is 5.56 Å². The van der Waals surface area contributed by atoms with Crippen molar-refractivity contribution in [3.8, 4) is 56.0 Å². The van der Waals surface area contributed by atoms with E-state index in [4.69, 9.17) is 9.47 Å². The number of rotatable bonds is 13. The summed E-state index contributed by atoms with van der Waals surface area (Å²) in [6.45, 7) is 5.22. The van der Waals surface area contributed by atoms with Gasteiger partial charge in [0, 0.05) is 30.0 Å². The number of carbonyl (C=O) groups excluding carboxylic acids is 2. The molecule has 0 heterocycles. The molecule has 0 saturated heterocycles. The number of carbonyl (C=O) groups is 2. The highest BCUT2D eigenvalue weighted by Gasteiger charge is 2.23. The topological polar surface area (TPSA) is 72.8 Å². The maximum atomic E-state index is 13.4. The molecule has 0 spiro atoms. The van der Waals surface area contributed by atoms with E-state index in [9.17, 15) is 14.7 Å². The first-order valence-electron chi connectivity index (χ1n) is 19.0. The molecule has 7 aromatic carbocycles. The van der Waals surface area contributed by atoms with Crippen LogP contribution >= 0.6 is 0 Å². The van der Waals surface area contributed by atoms with Crippen molar-refractivity contribution < 1.29 is 24.2 Å². The third kappa shape index (κ3) is 9.03. The van der Waals surface area contributed by atoms with Crippen LogP contribution in [0.25, 0.3) is 44.5 Å². The number of benzene rings is 7. The highest BCUT2D eigenvalue weighted by Crippen LogP contribution is 2.37. The highest BCUT2D eigenvalue weighted by molar-refractivity contribution is 5.97.